The van der Waals surface area contributed by atoms with Gasteiger partial charge in [-0.2, -0.15) is 0 Å². The maximum atomic E-state index is 11.9. The quantitative estimate of drug-likeness (QED) is 0.773. The fourth-order valence-electron chi connectivity index (χ4n) is 2.89. The first-order valence-electron chi connectivity index (χ1n) is 7.44. The number of rotatable bonds is 4. The highest BCUT2D eigenvalue weighted by Gasteiger charge is 2.29. The summed E-state index contributed by atoms with van der Waals surface area (Å²) in [7, 11) is 0. The Morgan fingerprint density at radius 3 is 2.58 bits per heavy atom. The minimum atomic E-state index is 0.0603. The van der Waals surface area contributed by atoms with E-state index in [9.17, 15) is 9.59 Å². The van der Waals surface area contributed by atoms with Crippen LogP contribution in [-0.2, 0) is 9.59 Å². The van der Waals surface area contributed by atoms with Crippen LogP contribution in [0.5, 0.6) is 0 Å². The van der Waals surface area contributed by atoms with Crippen LogP contribution in [0.25, 0.3) is 0 Å². The van der Waals surface area contributed by atoms with Crippen LogP contribution in [0.1, 0.15) is 32.6 Å². The van der Waals surface area contributed by atoms with Crippen molar-refractivity contribution >= 4 is 11.8 Å². The summed E-state index contributed by atoms with van der Waals surface area (Å²) in [5.41, 5.74) is 0. The Bertz CT molecular complexity index is 327. The molecule has 2 aliphatic rings. The highest BCUT2D eigenvalue weighted by atomic mass is 16.2. The Kier molecular flexibility index (Phi) is 5.19. The molecule has 19 heavy (non-hydrogen) atoms. The topological polar surface area (TPSA) is 61.4 Å². The van der Waals surface area contributed by atoms with Gasteiger partial charge in [-0.1, -0.05) is 6.92 Å². The van der Waals surface area contributed by atoms with Gasteiger partial charge < -0.3 is 15.5 Å². The SMILES string of the molecule is C[C@@H]1CNC[C@H]1C(=O)NCCC(=O)N1CCCCC1. The minimum Gasteiger partial charge on any atom is -0.355 e. The molecule has 2 atom stereocenters. The van der Waals surface area contributed by atoms with Crippen LogP contribution in [0, 0.1) is 11.8 Å². The Labute approximate surface area is 115 Å². The smallest absolute Gasteiger partial charge is 0.224 e. The fraction of sp³-hybridized carbons (Fsp3) is 0.857. The highest BCUT2D eigenvalue weighted by Crippen LogP contribution is 2.15. The van der Waals surface area contributed by atoms with E-state index < -0.39 is 0 Å². The van der Waals surface area contributed by atoms with Crippen molar-refractivity contribution in [2.45, 2.75) is 32.6 Å². The van der Waals surface area contributed by atoms with Gasteiger partial charge in [-0.05, 0) is 31.7 Å². The maximum Gasteiger partial charge on any atom is 0.224 e. The van der Waals surface area contributed by atoms with Gasteiger partial charge in [-0.3, -0.25) is 9.59 Å². The second kappa shape index (κ2) is 6.89. The van der Waals surface area contributed by atoms with Gasteiger partial charge in [0, 0.05) is 32.6 Å². The number of amides is 2. The molecule has 2 fully saturated rings. The van der Waals surface area contributed by atoms with Gasteiger partial charge >= 0.3 is 0 Å². The van der Waals surface area contributed by atoms with Gasteiger partial charge in [0.1, 0.15) is 0 Å². The summed E-state index contributed by atoms with van der Waals surface area (Å²) in [5.74, 6) is 0.712. The van der Waals surface area contributed by atoms with Gasteiger partial charge in [0.2, 0.25) is 11.8 Å². The first kappa shape index (κ1) is 14.3. The molecule has 0 saturated carbocycles. The van der Waals surface area contributed by atoms with E-state index in [2.05, 4.69) is 17.6 Å². The summed E-state index contributed by atoms with van der Waals surface area (Å²) in [5, 5.41) is 6.12. The third-order valence-electron chi connectivity index (χ3n) is 4.20. The monoisotopic (exact) mass is 267 g/mol. The molecule has 5 nitrogen and oxygen atoms in total. The van der Waals surface area contributed by atoms with Crippen molar-refractivity contribution < 1.29 is 9.59 Å². The Morgan fingerprint density at radius 1 is 1.21 bits per heavy atom. The molecule has 0 aliphatic carbocycles. The van der Waals surface area contributed by atoms with Gasteiger partial charge in [0.15, 0.2) is 0 Å². The van der Waals surface area contributed by atoms with Crippen LogP contribution in [-0.4, -0.2) is 49.4 Å². The van der Waals surface area contributed by atoms with Crippen molar-refractivity contribution in [1.29, 1.82) is 0 Å². The molecule has 2 aliphatic heterocycles. The van der Waals surface area contributed by atoms with E-state index in [1.54, 1.807) is 0 Å². The van der Waals surface area contributed by atoms with Crippen LogP contribution in [0.3, 0.4) is 0 Å². The summed E-state index contributed by atoms with van der Waals surface area (Å²) in [6.07, 6.45) is 3.89. The number of likely N-dealkylation sites (tertiary alicyclic amines) is 1. The molecule has 0 aromatic rings. The van der Waals surface area contributed by atoms with Crippen molar-refractivity contribution in [3.8, 4) is 0 Å². The molecule has 0 aromatic heterocycles. The number of piperidine rings is 1. The zero-order chi connectivity index (χ0) is 13.7. The predicted octanol–water partition coefficient (Wildman–Crippen LogP) is 0.361. The number of nitrogens with one attached hydrogen (secondary N) is 2. The van der Waals surface area contributed by atoms with Crippen molar-refractivity contribution in [3.05, 3.63) is 0 Å². The molecular weight excluding hydrogens is 242 g/mol. The van der Waals surface area contributed by atoms with E-state index in [1.165, 1.54) is 6.42 Å². The predicted molar refractivity (Wildman–Crippen MR) is 73.6 cm³/mol. The lowest BCUT2D eigenvalue weighted by Gasteiger charge is -2.26. The number of hydrogen-bond acceptors (Lipinski definition) is 3. The van der Waals surface area contributed by atoms with Gasteiger partial charge in [-0.15, -0.1) is 0 Å². The second-order valence-electron chi connectivity index (χ2n) is 5.72. The van der Waals surface area contributed by atoms with Crippen LogP contribution < -0.4 is 10.6 Å². The molecule has 0 spiro atoms. The second-order valence-corrected chi connectivity index (χ2v) is 5.72. The molecule has 0 radical (unpaired) electrons. The number of hydrogen-bond donors (Lipinski definition) is 2. The number of nitrogens with zero attached hydrogens (tertiary/aromatic N) is 1. The first-order valence-corrected chi connectivity index (χ1v) is 7.44. The first-order chi connectivity index (χ1) is 9.18. The zero-order valence-electron chi connectivity index (χ0n) is 11.8. The number of carbonyl (C=O) groups is 2. The Hall–Kier alpha value is -1.10. The van der Waals surface area contributed by atoms with Crippen molar-refractivity contribution in [3.63, 3.8) is 0 Å². The maximum absolute atomic E-state index is 11.9. The largest absolute Gasteiger partial charge is 0.355 e. The average Bonchev–Trinajstić information content (AvgIpc) is 2.86. The molecule has 5 heteroatoms. The molecule has 2 amide bonds. The van der Waals surface area contributed by atoms with E-state index in [4.69, 9.17) is 0 Å². The van der Waals surface area contributed by atoms with E-state index in [0.717, 1.165) is 39.0 Å². The summed E-state index contributed by atoms with van der Waals surface area (Å²) in [4.78, 5) is 25.8. The van der Waals surface area contributed by atoms with E-state index >= 15 is 0 Å². The molecule has 2 N–H and O–H groups in total. The summed E-state index contributed by atoms with van der Waals surface area (Å²) >= 11 is 0. The van der Waals surface area contributed by atoms with Gasteiger partial charge in [0.05, 0.1) is 5.92 Å². The molecule has 2 saturated heterocycles. The lowest BCUT2D eigenvalue weighted by Crippen LogP contribution is -2.39. The van der Waals surface area contributed by atoms with Crippen molar-refractivity contribution in [1.82, 2.24) is 15.5 Å². The molecule has 0 unspecified atom stereocenters. The molecular formula is C14H25N3O2. The molecule has 0 bridgehead atoms. The Morgan fingerprint density at radius 2 is 1.95 bits per heavy atom. The van der Waals surface area contributed by atoms with E-state index in [-0.39, 0.29) is 17.7 Å². The summed E-state index contributed by atoms with van der Waals surface area (Å²) in [6.45, 7) is 5.99. The standard InChI is InChI=1S/C14H25N3O2/c1-11-9-15-10-12(11)14(19)16-6-5-13(18)17-7-3-2-4-8-17/h11-12,15H,2-10H2,1H3,(H,16,19)/t11-,12-/m1/s1. The molecule has 2 rings (SSSR count). The van der Waals surface area contributed by atoms with Gasteiger partial charge in [0.25, 0.3) is 0 Å². The van der Waals surface area contributed by atoms with Crippen molar-refractivity contribution in [2.24, 2.45) is 11.8 Å². The lowest BCUT2D eigenvalue weighted by atomic mass is 9.97. The molecule has 108 valence electrons. The zero-order valence-corrected chi connectivity index (χ0v) is 11.8. The van der Waals surface area contributed by atoms with Crippen LogP contribution >= 0.6 is 0 Å². The minimum absolute atomic E-state index is 0.0603. The van der Waals surface area contributed by atoms with Crippen LogP contribution in [0.4, 0.5) is 0 Å². The Balaban J connectivity index is 1.65. The molecule has 2 heterocycles. The van der Waals surface area contributed by atoms with E-state index in [0.29, 0.717) is 18.9 Å². The van der Waals surface area contributed by atoms with Crippen LogP contribution in [0.15, 0.2) is 0 Å². The summed E-state index contributed by atoms with van der Waals surface area (Å²) in [6, 6.07) is 0. The van der Waals surface area contributed by atoms with Crippen LogP contribution in [0.2, 0.25) is 0 Å². The lowest BCUT2D eigenvalue weighted by molar-refractivity contribution is -0.132. The average molecular weight is 267 g/mol. The normalized spacial score (nSPS) is 27.3. The molecule has 0 aromatic carbocycles. The van der Waals surface area contributed by atoms with Gasteiger partial charge in [-0.25, -0.2) is 0 Å². The fourth-order valence-corrected chi connectivity index (χ4v) is 2.89. The number of carbonyl (C=O) groups excluding carboxylic acids is 2. The van der Waals surface area contributed by atoms with E-state index in [1.807, 2.05) is 4.90 Å². The third-order valence-corrected chi connectivity index (χ3v) is 4.20. The van der Waals surface area contributed by atoms with Crippen molar-refractivity contribution in [2.75, 3.05) is 32.7 Å². The highest BCUT2D eigenvalue weighted by molar-refractivity contribution is 5.81. The third kappa shape index (κ3) is 3.93. The summed E-state index contributed by atoms with van der Waals surface area (Å²) < 4.78 is 0.